The van der Waals surface area contributed by atoms with E-state index in [-0.39, 0.29) is 23.1 Å². The third kappa shape index (κ3) is 6.14. The maximum atomic E-state index is 13.4. The molecule has 0 aliphatic carbocycles. The van der Waals surface area contributed by atoms with Crippen molar-refractivity contribution in [1.29, 1.82) is 0 Å². The fraction of sp³-hybridized carbons (Fsp3) is 0.318. The number of hydrogen-bond donors (Lipinski definition) is 3. The van der Waals surface area contributed by atoms with Gasteiger partial charge in [-0.25, -0.2) is 9.97 Å². The predicted octanol–water partition coefficient (Wildman–Crippen LogP) is 4.87. The molecular weight excluding hydrogens is 471 g/mol. The SMILES string of the molecule is O=C(/C=C/c1cnc[nH]1)N[C@H]1CC[C@@H](Nc2cc(C(F)(F)F)nc3ccc(Cl)cc23)CC[Si]1. The Labute approximate surface area is 195 Å². The lowest BCUT2D eigenvalue weighted by Gasteiger charge is -2.21. The molecule has 1 fully saturated rings. The molecule has 0 saturated carbocycles. The lowest BCUT2D eigenvalue weighted by molar-refractivity contribution is -0.140. The molecule has 3 heterocycles. The minimum Gasteiger partial charge on any atom is -0.382 e. The zero-order valence-corrected chi connectivity index (χ0v) is 19.2. The lowest BCUT2D eigenvalue weighted by atomic mass is 10.1. The number of pyridine rings is 1. The van der Waals surface area contributed by atoms with Crippen LogP contribution in [0.3, 0.4) is 0 Å². The number of rotatable bonds is 5. The van der Waals surface area contributed by atoms with E-state index in [0.29, 0.717) is 32.0 Å². The first kappa shape index (κ1) is 23.3. The van der Waals surface area contributed by atoms with Crippen LogP contribution in [0.1, 0.15) is 30.7 Å². The number of alkyl halides is 3. The summed E-state index contributed by atoms with van der Waals surface area (Å²) in [5.41, 5.74) is 0.435. The van der Waals surface area contributed by atoms with Crippen molar-refractivity contribution in [3.05, 3.63) is 59.3 Å². The summed E-state index contributed by atoms with van der Waals surface area (Å²) in [7, 11) is 0.531. The topological polar surface area (TPSA) is 82.7 Å². The van der Waals surface area contributed by atoms with Gasteiger partial charge in [-0.2, -0.15) is 13.2 Å². The molecule has 0 unspecified atom stereocenters. The van der Waals surface area contributed by atoms with Crippen molar-refractivity contribution >= 4 is 49.7 Å². The summed E-state index contributed by atoms with van der Waals surface area (Å²) < 4.78 is 40.1. The first-order valence-electron chi connectivity index (χ1n) is 10.4. The largest absolute Gasteiger partial charge is 0.433 e. The molecule has 11 heteroatoms. The van der Waals surface area contributed by atoms with Crippen molar-refractivity contribution in [1.82, 2.24) is 20.3 Å². The molecule has 2 aromatic heterocycles. The van der Waals surface area contributed by atoms with Crippen molar-refractivity contribution in [3.63, 3.8) is 0 Å². The number of fused-ring (bicyclic) bond motifs is 1. The Bertz CT molecular complexity index is 1150. The molecule has 1 aliphatic heterocycles. The molecule has 4 rings (SSSR count). The van der Waals surface area contributed by atoms with Gasteiger partial charge in [0.25, 0.3) is 0 Å². The molecule has 33 heavy (non-hydrogen) atoms. The molecule has 172 valence electrons. The minimum absolute atomic E-state index is 0.0226. The van der Waals surface area contributed by atoms with E-state index >= 15 is 0 Å². The van der Waals surface area contributed by atoms with Crippen LogP contribution < -0.4 is 10.6 Å². The first-order valence-corrected chi connectivity index (χ1v) is 12.1. The number of nitrogens with one attached hydrogen (secondary N) is 3. The van der Waals surface area contributed by atoms with Crippen molar-refractivity contribution in [2.45, 2.75) is 43.2 Å². The molecule has 2 radical (unpaired) electrons. The Morgan fingerprint density at radius 1 is 1.24 bits per heavy atom. The van der Waals surface area contributed by atoms with Gasteiger partial charge in [0.05, 0.1) is 33.3 Å². The predicted molar refractivity (Wildman–Crippen MR) is 123 cm³/mol. The van der Waals surface area contributed by atoms with Gasteiger partial charge in [-0.1, -0.05) is 17.6 Å². The molecule has 3 N–H and O–H groups in total. The van der Waals surface area contributed by atoms with Gasteiger partial charge in [-0.15, -0.1) is 0 Å². The second-order valence-electron chi connectivity index (χ2n) is 7.78. The van der Waals surface area contributed by atoms with Crippen molar-refractivity contribution in [2.75, 3.05) is 5.32 Å². The van der Waals surface area contributed by atoms with E-state index in [1.165, 1.54) is 24.5 Å². The third-order valence-electron chi connectivity index (χ3n) is 5.36. The lowest BCUT2D eigenvalue weighted by Crippen LogP contribution is -2.37. The summed E-state index contributed by atoms with van der Waals surface area (Å²) in [5.74, 6) is -0.182. The molecule has 2 atom stereocenters. The number of anilines is 1. The maximum Gasteiger partial charge on any atom is 0.433 e. The van der Waals surface area contributed by atoms with Gasteiger partial charge >= 0.3 is 6.18 Å². The van der Waals surface area contributed by atoms with Crippen LogP contribution in [0, 0.1) is 0 Å². The summed E-state index contributed by atoms with van der Waals surface area (Å²) >= 11 is 6.09. The Morgan fingerprint density at radius 2 is 2.09 bits per heavy atom. The highest BCUT2D eigenvalue weighted by Gasteiger charge is 2.33. The molecule has 3 aromatic rings. The van der Waals surface area contributed by atoms with Gasteiger partial charge in [0.2, 0.25) is 5.91 Å². The maximum absolute atomic E-state index is 13.4. The average molecular weight is 492 g/mol. The number of carbonyl (C=O) groups is 1. The van der Waals surface area contributed by atoms with Crippen LogP contribution in [0.25, 0.3) is 17.0 Å². The first-order chi connectivity index (χ1) is 15.8. The average Bonchev–Trinajstić information content (AvgIpc) is 3.19. The van der Waals surface area contributed by atoms with Crippen LogP contribution in [0.2, 0.25) is 11.1 Å². The smallest absolute Gasteiger partial charge is 0.382 e. The van der Waals surface area contributed by atoms with E-state index in [4.69, 9.17) is 11.6 Å². The zero-order valence-electron chi connectivity index (χ0n) is 17.4. The highest BCUT2D eigenvalue weighted by atomic mass is 35.5. The number of aromatic nitrogens is 3. The van der Waals surface area contributed by atoms with Gasteiger partial charge < -0.3 is 15.6 Å². The highest BCUT2D eigenvalue weighted by molar-refractivity contribution is 6.38. The van der Waals surface area contributed by atoms with Crippen LogP contribution in [0.4, 0.5) is 18.9 Å². The molecule has 1 aliphatic rings. The number of carbonyl (C=O) groups excluding carboxylic acids is 1. The van der Waals surface area contributed by atoms with Crippen molar-refractivity contribution in [3.8, 4) is 0 Å². The zero-order chi connectivity index (χ0) is 23.4. The summed E-state index contributed by atoms with van der Waals surface area (Å²) in [6.45, 7) is 0. The van der Waals surface area contributed by atoms with Crippen LogP contribution >= 0.6 is 11.6 Å². The van der Waals surface area contributed by atoms with E-state index in [0.717, 1.165) is 30.6 Å². The quantitative estimate of drug-likeness (QED) is 0.351. The Balaban J connectivity index is 1.43. The van der Waals surface area contributed by atoms with Gasteiger partial charge in [0.1, 0.15) is 5.69 Å². The normalized spacial score (nSPS) is 19.5. The molecular formula is C22H21ClF3N5OSi. The van der Waals surface area contributed by atoms with Crippen molar-refractivity contribution < 1.29 is 18.0 Å². The van der Waals surface area contributed by atoms with E-state index in [2.05, 4.69) is 25.6 Å². The number of aromatic amines is 1. The summed E-state index contributed by atoms with van der Waals surface area (Å²) in [4.78, 5) is 22.8. The Kier molecular flexibility index (Phi) is 7.04. The second kappa shape index (κ2) is 9.96. The van der Waals surface area contributed by atoms with Gasteiger partial charge in [-0.05, 0) is 49.6 Å². The summed E-state index contributed by atoms with van der Waals surface area (Å²) in [5, 5.41) is 7.29. The molecule has 1 saturated heterocycles. The summed E-state index contributed by atoms with van der Waals surface area (Å²) in [6, 6.07) is 6.54. The third-order valence-corrected chi connectivity index (χ3v) is 7.10. The molecule has 1 amide bonds. The van der Waals surface area contributed by atoms with Crippen molar-refractivity contribution in [2.24, 2.45) is 0 Å². The standard InChI is InChI=1S/C22H21ClF3N5OSi/c23-13-1-4-17-16(9-13)18(10-19(30-17)22(24,25)26)29-14-3-6-21(33-8-7-14)31-20(32)5-2-15-11-27-12-28-15/h1-2,4-5,9-12,14,21H,3,6-8H2,(H,27,28)(H,29,30)(H,31,32)/b5-2+/t14-,21-/m1/s1. The Hall–Kier alpha value is -2.85. The number of amides is 1. The monoisotopic (exact) mass is 491 g/mol. The van der Waals surface area contributed by atoms with Gasteiger partial charge in [-0.3, -0.25) is 4.79 Å². The van der Waals surface area contributed by atoms with Gasteiger partial charge in [0, 0.05) is 33.9 Å². The second-order valence-corrected chi connectivity index (χ2v) is 9.82. The number of benzene rings is 1. The minimum atomic E-state index is -4.55. The number of halogens is 4. The highest BCUT2D eigenvalue weighted by Crippen LogP contribution is 2.35. The van der Waals surface area contributed by atoms with Crippen LogP contribution in [0.15, 0.2) is 42.9 Å². The fourth-order valence-electron chi connectivity index (χ4n) is 3.74. The number of hydrogen-bond acceptors (Lipinski definition) is 4. The number of nitrogens with zero attached hydrogens (tertiary/aromatic N) is 2. The van der Waals surface area contributed by atoms with E-state index in [1.54, 1.807) is 18.3 Å². The molecule has 1 aromatic carbocycles. The molecule has 0 bridgehead atoms. The summed E-state index contributed by atoms with van der Waals surface area (Å²) in [6.07, 6.45) is 3.97. The van der Waals surface area contributed by atoms with Crippen LogP contribution in [-0.4, -0.2) is 42.1 Å². The van der Waals surface area contributed by atoms with E-state index in [1.807, 2.05) is 0 Å². The molecule has 0 spiro atoms. The fourth-order valence-corrected chi connectivity index (χ4v) is 5.39. The number of imidazole rings is 1. The van der Waals surface area contributed by atoms with E-state index in [9.17, 15) is 18.0 Å². The Morgan fingerprint density at radius 3 is 2.85 bits per heavy atom. The van der Waals surface area contributed by atoms with E-state index < -0.39 is 11.9 Å². The molecule has 6 nitrogen and oxygen atoms in total. The van der Waals surface area contributed by atoms with Crippen LogP contribution in [0.5, 0.6) is 0 Å². The number of H-pyrrole nitrogens is 1. The van der Waals surface area contributed by atoms with Crippen LogP contribution in [-0.2, 0) is 11.0 Å². The van der Waals surface area contributed by atoms with Gasteiger partial charge in [0.15, 0.2) is 0 Å².